The Bertz CT molecular complexity index is 1950. The zero-order valence-corrected chi connectivity index (χ0v) is 20.8. The largest absolute Gasteiger partial charge is 0.309 e. The van der Waals surface area contributed by atoms with Crippen LogP contribution in [0.3, 0.4) is 0 Å². The van der Waals surface area contributed by atoms with Gasteiger partial charge in [0, 0.05) is 37.8 Å². The van der Waals surface area contributed by atoms with E-state index in [1.54, 1.807) is 0 Å². The first-order valence-corrected chi connectivity index (χ1v) is 13.0. The summed E-state index contributed by atoms with van der Waals surface area (Å²) >= 11 is 1.88. The van der Waals surface area contributed by atoms with E-state index >= 15 is 0 Å². The monoisotopic (exact) mass is 480 g/mol. The summed E-state index contributed by atoms with van der Waals surface area (Å²) in [5.41, 5.74) is 8.34. The van der Waals surface area contributed by atoms with Crippen molar-refractivity contribution in [2.75, 3.05) is 0 Å². The first kappa shape index (κ1) is 21.0. The van der Waals surface area contributed by atoms with Crippen molar-refractivity contribution in [1.29, 1.82) is 0 Å². The molecule has 0 fully saturated rings. The summed E-state index contributed by atoms with van der Waals surface area (Å²) < 4.78 is 7.42. The lowest BCUT2D eigenvalue weighted by molar-refractivity contribution is 1.09. The van der Waals surface area contributed by atoms with Crippen LogP contribution in [-0.2, 0) is 0 Å². The van der Waals surface area contributed by atoms with E-state index in [1.807, 2.05) is 17.4 Å². The number of hydrogen-bond donors (Lipinski definition) is 0. The maximum absolute atomic E-state index is 4.11. The summed E-state index contributed by atoms with van der Waals surface area (Å²) in [6, 6.07) is 35.0. The zero-order chi connectivity index (χ0) is 24.2. The van der Waals surface area contributed by atoms with Gasteiger partial charge in [-0.3, -0.25) is 0 Å². The van der Waals surface area contributed by atoms with E-state index in [0.29, 0.717) is 0 Å². The molecule has 36 heavy (non-hydrogen) atoms. The molecule has 7 aromatic rings. The molecule has 0 aliphatic rings. The Kier molecular flexibility index (Phi) is 4.73. The van der Waals surface area contributed by atoms with E-state index in [1.165, 1.54) is 47.8 Å². The van der Waals surface area contributed by atoms with E-state index in [0.717, 1.165) is 16.9 Å². The first-order chi connectivity index (χ1) is 17.8. The van der Waals surface area contributed by atoms with Crippen LogP contribution < -0.4 is 0 Å². The second-order valence-electron chi connectivity index (χ2n) is 9.00. The summed E-state index contributed by atoms with van der Waals surface area (Å²) in [6.45, 7) is 6.17. The third kappa shape index (κ3) is 2.90. The van der Waals surface area contributed by atoms with Crippen LogP contribution in [0.15, 0.2) is 110 Å². The number of thiophene rings is 1. The minimum absolute atomic E-state index is 1.14. The third-order valence-electron chi connectivity index (χ3n) is 7.03. The fourth-order valence-electron chi connectivity index (χ4n) is 5.54. The third-order valence-corrected chi connectivity index (χ3v) is 8.22. The molecular formula is C33H24N2S. The highest BCUT2D eigenvalue weighted by molar-refractivity contribution is 7.26. The van der Waals surface area contributed by atoms with E-state index in [9.17, 15) is 0 Å². The maximum atomic E-state index is 4.11. The topological polar surface area (TPSA) is 9.86 Å². The van der Waals surface area contributed by atoms with Gasteiger partial charge in [0.05, 0.1) is 26.9 Å². The fraction of sp³-hybridized carbons (Fsp3) is 0.0303. The van der Waals surface area contributed by atoms with Crippen molar-refractivity contribution in [3.05, 3.63) is 121 Å². The molecule has 0 aliphatic heterocycles. The van der Waals surface area contributed by atoms with Crippen LogP contribution in [-0.4, -0.2) is 9.13 Å². The van der Waals surface area contributed by atoms with Gasteiger partial charge in [0.15, 0.2) is 0 Å². The summed E-state index contributed by atoms with van der Waals surface area (Å²) in [7, 11) is 0. The first-order valence-electron chi connectivity index (χ1n) is 12.2. The molecule has 0 amide bonds. The van der Waals surface area contributed by atoms with Crippen molar-refractivity contribution in [3.63, 3.8) is 0 Å². The molecule has 4 aromatic carbocycles. The van der Waals surface area contributed by atoms with Gasteiger partial charge in [-0.05, 0) is 55.5 Å². The highest BCUT2D eigenvalue weighted by Crippen LogP contribution is 2.42. The van der Waals surface area contributed by atoms with Crippen LogP contribution in [0.25, 0.3) is 65.6 Å². The Labute approximate surface area is 213 Å². The van der Waals surface area contributed by atoms with Gasteiger partial charge in [-0.1, -0.05) is 73.3 Å². The summed E-state index contributed by atoms with van der Waals surface area (Å²) in [5, 5.41) is 3.83. The van der Waals surface area contributed by atoms with Crippen LogP contribution in [0.1, 0.15) is 18.2 Å². The molecule has 3 heterocycles. The number of aromatic nitrogens is 2. The van der Waals surface area contributed by atoms with Gasteiger partial charge in [0.1, 0.15) is 0 Å². The molecule has 3 heteroatoms. The van der Waals surface area contributed by atoms with Gasteiger partial charge in [-0.25, -0.2) is 0 Å². The maximum Gasteiger partial charge on any atom is 0.0727 e. The molecule has 7 rings (SSSR count). The predicted molar refractivity (Wildman–Crippen MR) is 158 cm³/mol. The number of benzene rings is 4. The van der Waals surface area contributed by atoms with Crippen molar-refractivity contribution < 1.29 is 0 Å². The number of nitrogens with zero attached hydrogens (tertiary/aromatic N) is 2. The summed E-state index contributed by atoms with van der Waals surface area (Å²) in [5.74, 6) is 0. The molecule has 0 atom stereocenters. The molecule has 0 bridgehead atoms. The van der Waals surface area contributed by atoms with Crippen LogP contribution in [0, 0.1) is 0 Å². The normalized spacial score (nSPS) is 12.0. The lowest BCUT2D eigenvalue weighted by atomic mass is 10.1. The molecule has 0 saturated heterocycles. The van der Waals surface area contributed by atoms with Gasteiger partial charge in [0.2, 0.25) is 0 Å². The molecule has 0 saturated carbocycles. The van der Waals surface area contributed by atoms with Crippen molar-refractivity contribution in [2.45, 2.75) is 6.92 Å². The van der Waals surface area contributed by atoms with Crippen LogP contribution in [0.2, 0.25) is 0 Å². The Hall–Kier alpha value is -4.34. The van der Waals surface area contributed by atoms with Gasteiger partial charge in [-0.15, -0.1) is 11.3 Å². The minimum Gasteiger partial charge on any atom is -0.309 e. The zero-order valence-electron chi connectivity index (χ0n) is 20.0. The lowest BCUT2D eigenvalue weighted by Gasteiger charge is -2.12. The molecule has 0 N–H and O–H groups in total. The van der Waals surface area contributed by atoms with E-state index < -0.39 is 0 Å². The second kappa shape index (κ2) is 8.11. The molecule has 0 spiro atoms. The highest BCUT2D eigenvalue weighted by Gasteiger charge is 2.18. The lowest BCUT2D eigenvalue weighted by Crippen LogP contribution is -1.99. The molecule has 0 radical (unpaired) electrons. The molecule has 0 aliphatic carbocycles. The van der Waals surface area contributed by atoms with E-state index in [-0.39, 0.29) is 0 Å². The quantitative estimate of drug-likeness (QED) is 0.237. The number of para-hydroxylation sites is 2. The Morgan fingerprint density at radius 3 is 1.94 bits per heavy atom. The van der Waals surface area contributed by atoms with Gasteiger partial charge < -0.3 is 9.13 Å². The van der Waals surface area contributed by atoms with E-state index in [4.69, 9.17) is 0 Å². The molecule has 0 unspecified atom stereocenters. The van der Waals surface area contributed by atoms with Gasteiger partial charge in [-0.2, -0.15) is 0 Å². The second-order valence-corrected chi connectivity index (χ2v) is 10.1. The van der Waals surface area contributed by atoms with Crippen molar-refractivity contribution in [2.24, 2.45) is 0 Å². The smallest absolute Gasteiger partial charge is 0.0727 e. The Balaban J connectivity index is 1.48. The van der Waals surface area contributed by atoms with Gasteiger partial charge in [0.25, 0.3) is 0 Å². The Morgan fingerprint density at radius 2 is 1.25 bits per heavy atom. The number of allylic oxidation sites excluding steroid dienone is 1. The van der Waals surface area contributed by atoms with Crippen LogP contribution in [0.4, 0.5) is 0 Å². The summed E-state index contributed by atoms with van der Waals surface area (Å²) in [4.78, 5) is 0. The van der Waals surface area contributed by atoms with Crippen molar-refractivity contribution in [3.8, 4) is 11.4 Å². The van der Waals surface area contributed by atoms with E-state index in [2.05, 4.69) is 132 Å². The molecule has 3 aromatic heterocycles. The van der Waals surface area contributed by atoms with Crippen molar-refractivity contribution in [1.82, 2.24) is 9.13 Å². The Morgan fingerprint density at radius 1 is 0.667 bits per heavy atom. The average Bonchev–Trinajstić information content (AvgIpc) is 3.56. The summed E-state index contributed by atoms with van der Waals surface area (Å²) in [6.07, 6.45) is 6.23. The molecular weight excluding hydrogens is 456 g/mol. The van der Waals surface area contributed by atoms with Crippen LogP contribution >= 0.6 is 11.3 Å². The number of hydrogen-bond acceptors (Lipinski definition) is 1. The van der Waals surface area contributed by atoms with Gasteiger partial charge >= 0.3 is 0 Å². The average molecular weight is 481 g/mol. The predicted octanol–water partition coefficient (Wildman–Crippen LogP) is 9.62. The van der Waals surface area contributed by atoms with Crippen LogP contribution in [0.5, 0.6) is 0 Å². The highest BCUT2D eigenvalue weighted by atomic mass is 32.1. The molecule has 172 valence electrons. The standard InChI is InChI=1S/C33H24N2S/c1-3-11-28-24(4-2)25-12-5-8-15-29(25)34(28)22-18-20-23(21-19-22)35-30-16-9-6-13-26(30)33-32(35)27-14-7-10-17-31(27)36-33/h3-21H,2H2,1H3/b11-3-. The SMILES string of the molecule is C=Cc1c(/C=C\C)n(-c2ccc(-n3c4ccccc4c4sc5ccccc5c43)cc2)c2ccccc12. The number of rotatable bonds is 4. The molecule has 2 nitrogen and oxygen atoms in total. The number of fused-ring (bicyclic) bond motifs is 6. The minimum atomic E-state index is 1.14. The van der Waals surface area contributed by atoms with Crippen molar-refractivity contribution >= 4 is 65.6 Å². The fourth-order valence-corrected chi connectivity index (χ4v) is 6.76.